The Morgan fingerprint density at radius 2 is 2.31 bits per heavy atom. The van der Waals surface area contributed by atoms with Crippen molar-refractivity contribution in [2.24, 2.45) is 0 Å². The molecule has 0 amide bonds. The summed E-state index contributed by atoms with van der Waals surface area (Å²) < 4.78 is 24.6. The second-order valence-electron chi connectivity index (χ2n) is 2.35. The van der Waals surface area contributed by atoms with Crippen LogP contribution in [-0.4, -0.2) is 19.2 Å². The molecule has 1 aromatic heterocycles. The summed E-state index contributed by atoms with van der Waals surface area (Å²) in [6.07, 6.45) is 1.49. The molecule has 0 aliphatic rings. The maximum Gasteiger partial charge on any atom is 0.232 e. The number of halogens is 1. The van der Waals surface area contributed by atoms with Gasteiger partial charge in [0.2, 0.25) is 10.0 Å². The highest BCUT2D eigenvalue weighted by Gasteiger charge is 2.08. The van der Waals surface area contributed by atoms with Gasteiger partial charge in [-0.05, 0) is 19.1 Å². The van der Waals surface area contributed by atoms with Gasteiger partial charge in [0.15, 0.2) is 5.15 Å². The summed E-state index contributed by atoms with van der Waals surface area (Å²) in [5.74, 6) is 0.0121. The normalized spacial score (nSPS) is 11.2. The van der Waals surface area contributed by atoms with E-state index in [-0.39, 0.29) is 10.9 Å². The lowest BCUT2D eigenvalue weighted by atomic mass is 10.4. The second kappa shape index (κ2) is 3.93. The topological polar surface area (TPSA) is 59.1 Å². The van der Waals surface area contributed by atoms with Crippen molar-refractivity contribution in [2.75, 3.05) is 10.5 Å². The first-order valence-electron chi connectivity index (χ1n) is 3.66. The zero-order chi connectivity index (χ0) is 9.90. The van der Waals surface area contributed by atoms with E-state index in [1.165, 1.54) is 6.20 Å². The molecule has 6 heteroatoms. The highest BCUT2D eigenvalue weighted by molar-refractivity contribution is 7.92. The van der Waals surface area contributed by atoms with Gasteiger partial charge < -0.3 is 0 Å². The van der Waals surface area contributed by atoms with E-state index in [0.717, 1.165) is 0 Å². The molecule has 72 valence electrons. The lowest BCUT2D eigenvalue weighted by molar-refractivity contribution is 0.602. The van der Waals surface area contributed by atoms with E-state index in [0.29, 0.717) is 5.69 Å². The number of nitrogens with zero attached hydrogens (tertiary/aromatic N) is 1. The Morgan fingerprint density at radius 3 is 2.85 bits per heavy atom. The van der Waals surface area contributed by atoms with Crippen LogP contribution < -0.4 is 4.72 Å². The molecule has 4 nitrogen and oxygen atoms in total. The third kappa shape index (κ3) is 2.86. The van der Waals surface area contributed by atoms with Crippen molar-refractivity contribution in [2.45, 2.75) is 6.92 Å². The average Bonchev–Trinajstić information content (AvgIpc) is 2.09. The van der Waals surface area contributed by atoms with Crippen molar-refractivity contribution in [3.05, 3.63) is 23.5 Å². The van der Waals surface area contributed by atoms with Gasteiger partial charge in [-0.1, -0.05) is 11.6 Å². The minimum Gasteiger partial charge on any atom is -0.280 e. The zero-order valence-corrected chi connectivity index (χ0v) is 8.56. The summed E-state index contributed by atoms with van der Waals surface area (Å²) in [4.78, 5) is 3.74. The Hall–Kier alpha value is -0.810. The Balaban J connectivity index is 2.93. The molecule has 1 N–H and O–H groups in total. The van der Waals surface area contributed by atoms with Crippen molar-refractivity contribution < 1.29 is 8.42 Å². The van der Waals surface area contributed by atoms with E-state index in [9.17, 15) is 8.42 Å². The van der Waals surface area contributed by atoms with Gasteiger partial charge in [0.25, 0.3) is 0 Å². The Labute approximate surface area is 82.0 Å². The number of aromatic nitrogens is 1. The molecule has 0 atom stereocenters. The van der Waals surface area contributed by atoms with Gasteiger partial charge in [0, 0.05) is 6.20 Å². The zero-order valence-electron chi connectivity index (χ0n) is 6.99. The molecule has 0 bridgehead atoms. The van der Waals surface area contributed by atoms with Gasteiger partial charge in [0.05, 0.1) is 11.4 Å². The smallest absolute Gasteiger partial charge is 0.232 e. The van der Waals surface area contributed by atoms with Gasteiger partial charge in [-0.15, -0.1) is 0 Å². The van der Waals surface area contributed by atoms with Crippen molar-refractivity contribution in [1.82, 2.24) is 4.98 Å². The lowest BCUT2D eigenvalue weighted by Gasteiger charge is -2.05. The molecule has 0 spiro atoms. The third-order valence-corrected chi connectivity index (χ3v) is 3.00. The van der Waals surface area contributed by atoms with Crippen molar-refractivity contribution in [3.8, 4) is 0 Å². The summed E-state index contributed by atoms with van der Waals surface area (Å²) in [6.45, 7) is 1.55. The van der Waals surface area contributed by atoms with Gasteiger partial charge in [-0.2, -0.15) is 0 Å². The van der Waals surface area contributed by atoms with Crippen molar-refractivity contribution in [3.63, 3.8) is 0 Å². The Morgan fingerprint density at radius 1 is 1.62 bits per heavy atom. The number of nitrogens with one attached hydrogen (secondary N) is 1. The summed E-state index contributed by atoms with van der Waals surface area (Å²) in [5.41, 5.74) is 0.311. The fourth-order valence-electron chi connectivity index (χ4n) is 0.702. The Kier molecular flexibility index (Phi) is 3.11. The molecule has 0 fully saturated rings. The highest BCUT2D eigenvalue weighted by Crippen LogP contribution is 2.18. The maximum atomic E-state index is 11.1. The summed E-state index contributed by atoms with van der Waals surface area (Å²) >= 11 is 5.65. The highest BCUT2D eigenvalue weighted by atomic mass is 35.5. The van der Waals surface area contributed by atoms with Crippen LogP contribution in [0.2, 0.25) is 5.15 Å². The number of pyridine rings is 1. The van der Waals surface area contributed by atoms with Gasteiger partial charge in [-0.25, -0.2) is 13.4 Å². The standard InChI is InChI=1S/C7H9ClN2O2S/c1-2-13(11,12)10-6-4-3-5-9-7(6)8/h3-5,10H,2H2,1H3. The average molecular weight is 221 g/mol. The molecule has 0 aliphatic heterocycles. The van der Waals surface area contributed by atoms with Gasteiger partial charge in [0.1, 0.15) is 0 Å². The minimum absolute atomic E-state index is 0.0121. The Bertz CT molecular complexity index is 391. The summed E-state index contributed by atoms with van der Waals surface area (Å²) in [5, 5.41) is 0.152. The number of hydrogen-bond acceptors (Lipinski definition) is 3. The van der Waals surface area contributed by atoms with E-state index in [2.05, 4.69) is 9.71 Å². The van der Waals surface area contributed by atoms with E-state index in [4.69, 9.17) is 11.6 Å². The lowest BCUT2D eigenvalue weighted by Crippen LogP contribution is -2.14. The third-order valence-electron chi connectivity index (χ3n) is 1.40. The van der Waals surface area contributed by atoms with E-state index >= 15 is 0 Å². The molecule has 0 saturated heterocycles. The van der Waals surface area contributed by atoms with Crippen LogP contribution in [0.3, 0.4) is 0 Å². The van der Waals surface area contributed by atoms with Gasteiger partial charge >= 0.3 is 0 Å². The van der Waals surface area contributed by atoms with Crippen LogP contribution in [0, 0.1) is 0 Å². The molecule has 0 aromatic carbocycles. The van der Waals surface area contributed by atoms with Crippen molar-refractivity contribution in [1.29, 1.82) is 0 Å². The first-order chi connectivity index (χ1) is 6.05. The van der Waals surface area contributed by atoms with E-state index in [1.54, 1.807) is 19.1 Å². The van der Waals surface area contributed by atoms with Crippen LogP contribution in [-0.2, 0) is 10.0 Å². The first-order valence-corrected chi connectivity index (χ1v) is 5.69. The molecular weight excluding hydrogens is 212 g/mol. The molecule has 1 heterocycles. The van der Waals surface area contributed by atoms with Crippen LogP contribution in [0.15, 0.2) is 18.3 Å². The molecule has 0 saturated carbocycles. The van der Waals surface area contributed by atoms with Gasteiger partial charge in [-0.3, -0.25) is 4.72 Å². The fourth-order valence-corrected chi connectivity index (χ4v) is 1.57. The molecule has 1 rings (SSSR count). The van der Waals surface area contributed by atoms with Crippen molar-refractivity contribution >= 4 is 27.3 Å². The second-order valence-corrected chi connectivity index (χ2v) is 4.72. The van der Waals surface area contributed by atoms with E-state index < -0.39 is 10.0 Å². The van der Waals surface area contributed by atoms with Crippen LogP contribution in [0.25, 0.3) is 0 Å². The first kappa shape index (κ1) is 10.3. The fraction of sp³-hybridized carbons (Fsp3) is 0.286. The van der Waals surface area contributed by atoms with Crippen LogP contribution in [0.4, 0.5) is 5.69 Å². The molecular formula is C7H9ClN2O2S. The maximum absolute atomic E-state index is 11.1. The predicted octanol–water partition coefficient (Wildman–Crippen LogP) is 1.50. The quantitative estimate of drug-likeness (QED) is 0.786. The molecule has 0 unspecified atom stereocenters. The van der Waals surface area contributed by atoms with Crippen LogP contribution in [0.5, 0.6) is 0 Å². The van der Waals surface area contributed by atoms with Crippen LogP contribution in [0.1, 0.15) is 6.92 Å². The largest absolute Gasteiger partial charge is 0.280 e. The molecule has 13 heavy (non-hydrogen) atoms. The number of rotatable bonds is 3. The molecule has 0 radical (unpaired) electrons. The summed E-state index contributed by atoms with van der Waals surface area (Å²) in [6, 6.07) is 3.17. The van der Waals surface area contributed by atoms with E-state index in [1.807, 2.05) is 0 Å². The number of hydrogen-bond donors (Lipinski definition) is 1. The summed E-state index contributed by atoms with van der Waals surface area (Å²) in [7, 11) is -3.27. The predicted molar refractivity (Wildman–Crippen MR) is 52.3 cm³/mol. The molecule has 1 aromatic rings. The molecule has 0 aliphatic carbocycles. The minimum atomic E-state index is -3.27. The number of anilines is 1. The number of sulfonamides is 1. The monoisotopic (exact) mass is 220 g/mol. The SMILES string of the molecule is CCS(=O)(=O)Nc1cccnc1Cl. The van der Waals surface area contributed by atoms with Crippen LogP contribution >= 0.6 is 11.6 Å².